The second kappa shape index (κ2) is 7.87. The van der Waals surface area contributed by atoms with Gasteiger partial charge in [0.15, 0.2) is 11.6 Å². The number of carbonyl (C=O) groups excluding carboxylic acids is 1. The van der Waals surface area contributed by atoms with Gasteiger partial charge in [0.1, 0.15) is 5.82 Å². The number of aryl methyl sites for hydroxylation is 2. The Labute approximate surface area is 157 Å². The molecule has 27 heavy (non-hydrogen) atoms. The zero-order valence-corrected chi connectivity index (χ0v) is 15.6. The maximum Gasteiger partial charge on any atom is 0.252 e. The van der Waals surface area contributed by atoms with E-state index in [9.17, 15) is 9.18 Å². The minimum Gasteiger partial charge on any atom is -0.365 e. The molecule has 0 bridgehead atoms. The molecule has 0 spiro atoms. The Bertz CT molecular complexity index is 856. The highest BCUT2D eigenvalue weighted by atomic mass is 19.1. The normalized spacial score (nSPS) is 19.6. The first kappa shape index (κ1) is 19.0. The van der Waals surface area contributed by atoms with Gasteiger partial charge in [-0.1, -0.05) is 12.8 Å². The molecular formula is C19H25FN6O. The average Bonchev–Trinajstić information content (AvgIpc) is 2.62. The quantitative estimate of drug-likeness (QED) is 0.641. The summed E-state index contributed by atoms with van der Waals surface area (Å²) in [5.41, 5.74) is 14.0. The van der Waals surface area contributed by atoms with E-state index in [1.165, 1.54) is 0 Å². The van der Waals surface area contributed by atoms with E-state index >= 15 is 0 Å². The van der Waals surface area contributed by atoms with Crippen LogP contribution in [0.1, 0.15) is 47.3 Å². The number of amides is 1. The Morgan fingerprint density at radius 2 is 1.96 bits per heavy atom. The lowest BCUT2D eigenvalue weighted by molar-refractivity contribution is 0.100. The van der Waals surface area contributed by atoms with E-state index in [0.717, 1.165) is 43.0 Å². The second-order valence-electron chi connectivity index (χ2n) is 7.03. The van der Waals surface area contributed by atoms with Crippen LogP contribution < -0.4 is 22.1 Å². The Hall–Kier alpha value is -2.74. The van der Waals surface area contributed by atoms with Crippen LogP contribution in [0.5, 0.6) is 0 Å². The number of anilines is 3. The van der Waals surface area contributed by atoms with Crippen molar-refractivity contribution < 1.29 is 9.18 Å². The lowest BCUT2D eigenvalue weighted by Gasteiger charge is -2.30. The van der Waals surface area contributed by atoms with E-state index in [1.807, 2.05) is 19.9 Å². The molecule has 1 aliphatic rings. The highest BCUT2D eigenvalue weighted by molar-refractivity contribution is 5.98. The first-order chi connectivity index (χ1) is 12.8. The van der Waals surface area contributed by atoms with Crippen LogP contribution >= 0.6 is 0 Å². The maximum absolute atomic E-state index is 14.5. The van der Waals surface area contributed by atoms with Crippen molar-refractivity contribution in [3.63, 3.8) is 0 Å². The Kier molecular flexibility index (Phi) is 5.55. The summed E-state index contributed by atoms with van der Waals surface area (Å²) in [5.74, 6) is -1.16. The summed E-state index contributed by atoms with van der Waals surface area (Å²) in [6, 6.07) is 2.86. The van der Waals surface area contributed by atoms with Crippen molar-refractivity contribution in [3.8, 4) is 0 Å². The first-order valence-electron chi connectivity index (χ1n) is 9.08. The van der Waals surface area contributed by atoms with Gasteiger partial charge in [-0.15, -0.1) is 0 Å². The number of pyridine rings is 2. The predicted octanol–water partition coefficient (Wildman–Crippen LogP) is 2.76. The van der Waals surface area contributed by atoms with Gasteiger partial charge < -0.3 is 22.1 Å². The summed E-state index contributed by atoms with van der Waals surface area (Å²) in [5, 5.41) is 6.12. The number of nitrogens with two attached hydrogens (primary N) is 2. The molecule has 2 atom stereocenters. The van der Waals surface area contributed by atoms with Crippen LogP contribution in [0.25, 0.3) is 0 Å². The minimum atomic E-state index is -0.762. The van der Waals surface area contributed by atoms with Crippen molar-refractivity contribution >= 4 is 23.2 Å². The Morgan fingerprint density at radius 1 is 1.22 bits per heavy atom. The summed E-state index contributed by atoms with van der Waals surface area (Å²) in [7, 11) is 0. The van der Waals surface area contributed by atoms with Crippen molar-refractivity contribution in [3.05, 3.63) is 41.0 Å². The van der Waals surface area contributed by atoms with Gasteiger partial charge in [0.25, 0.3) is 5.91 Å². The van der Waals surface area contributed by atoms with E-state index in [0.29, 0.717) is 5.69 Å². The summed E-state index contributed by atoms with van der Waals surface area (Å²) in [4.78, 5) is 20.3. The molecule has 2 aromatic rings. The topological polar surface area (TPSA) is 119 Å². The molecule has 1 aliphatic carbocycles. The number of aromatic nitrogens is 2. The van der Waals surface area contributed by atoms with E-state index in [-0.39, 0.29) is 29.3 Å². The minimum absolute atomic E-state index is 0.0239. The third-order valence-corrected chi connectivity index (χ3v) is 4.99. The highest BCUT2D eigenvalue weighted by Gasteiger charge is 2.24. The number of halogens is 1. The summed E-state index contributed by atoms with van der Waals surface area (Å²) in [6.45, 7) is 3.83. The lowest BCUT2D eigenvalue weighted by Crippen LogP contribution is -2.43. The number of hydrogen-bond donors (Lipinski definition) is 4. The molecule has 1 amide bonds. The standard InChI is InChI=1S/C19H25FN6O/c1-10-7-12(9-23-11(10)2)24-18-13(17(22)27)8-14(20)19(26-18)25-16-6-4-3-5-15(16)21/h7-9,15-16H,3-6,21H2,1-2H3,(H2,22,27)(H2,24,25,26)/t15-,16+/m0/s1. The average molecular weight is 372 g/mol. The fraction of sp³-hybridized carbons (Fsp3) is 0.421. The van der Waals surface area contributed by atoms with Gasteiger partial charge in [0, 0.05) is 17.8 Å². The zero-order valence-electron chi connectivity index (χ0n) is 15.6. The smallest absolute Gasteiger partial charge is 0.252 e. The van der Waals surface area contributed by atoms with Crippen LogP contribution in [0.4, 0.5) is 21.7 Å². The van der Waals surface area contributed by atoms with Crippen molar-refractivity contribution in [2.45, 2.75) is 51.6 Å². The number of nitrogens with zero attached hydrogens (tertiary/aromatic N) is 2. The molecule has 1 fully saturated rings. The third-order valence-electron chi connectivity index (χ3n) is 4.99. The zero-order chi connectivity index (χ0) is 19.6. The molecular weight excluding hydrogens is 347 g/mol. The van der Waals surface area contributed by atoms with Crippen LogP contribution in [0.3, 0.4) is 0 Å². The molecule has 2 heterocycles. The van der Waals surface area contributed by atoms with Crippen molar-refractivity contribution in [2.75, 3.05) is 10.6 Å². The number of primary amides is 1. The molecule has 0 aromatic carbocycles. The van der Waals surface area contributed by atoms with Gasteiger partial charge in [-0.3, -0.25) is 9.78 Å². The fourth-order valence-corrected chi connectivity index (χ4v) is 3.24. The first-order valence-corrected chi connectivity index (χ1v) is 9.08. The van der Waals surface area contributed by atoms with Gasteiger partial charge in [-0.05, 0) is 44.4 Å². The van der Waals surface area contributed by atoms with Crippen LogP contribution in [-0.4, -0.2) is 28.0 Å². The van der Waals surface area contributed by atoms with E-state index in [4.69, 9.17) is 11.5 Å². The third kappa shape index (κ3) is 4.33. The maximum atomic E-state index is 14.5. The van der Waals surface area contributed by atoms with E-state index in [2.05, 4.69) is 20.6 Å². The molecule has 7 nitrogen and oxygen atoms in total. The van der Waals surface area contributed by atoms with Crippen LogP contribution in [0, 0.1) is 19.7 Å². The van der Waals surface area contributed by atoms with Crippen molar-refractivity contribution in [1.82, 2.24) is 9.97 Å². The summed E-state index contributed by atoms with van der Waals surface area (Å²) < 4.78 is 14.5. The molecule has 3 rings (SSSR count). The molecule has 144 valence electrons. The molecule has 0 radical (unpaired) electrons. The molecule has 1 saturated carbocycles. The predicted molar refractivity (Wildman–Crippen MR) is 104 cm³/mol. The second-order valence-corrected chi connectivity index (χ2v) is 7.03. The number of carbonyl (C=O) groups is 1. The summed E-state index contributed by atoms with van der Waals surface area (Å²) >= 11 is 0. The van der Waals surface area contributed by atoms with Crippen LogP contribution in [-0.2, 0) is 0 Å². The fourth-order valence-electron chi connectivity index (χ4n) is 3.24. The molecule has 2 aromatic heterocycles. The van der Waals surface area contributed by atoms with Crippen LogP contribution in [0.15, 0.2) is 18.3 Å². The van der Waals surface area contributed by atoms with Crippen LogP contribution in [0.2, 0.25) is 0 Å². The molecule has 0 unspecified atom stereocenters. The van der Waals surface area contributed by atoms with E-state index < -0.39 is 11.7 Å². The van der Waals surface area contributed by atoms with Gasteiger partial charge >= 0.3 is 0 Å². The number of nitrogens with one attached hydrogen (secondary N) is 2. The van der Waals surface area contributed by atoms with Gasteiger partial charge in [-0.2, -0.15) is 0 Å². The number of hydrogen-bond acceptors (Lipinski definition) is 6. The molecule has 0 saturated heterocycles. The molecule has 0 aliphatic heterocycles. The van der Waals surface area contributed by atoms with E-state index in [1.54, 1.807) is 6.20 Å². The largest absolute Gasteiger partial charge is 0.365 e. The highest BCUT2D eigenvalue weighted by Crippen LogP contribution is 2.27. The van der Waals surface area contributed by atoms with Gasteiger partial charge in [-0.25, -0.2) is 9.37 Å². The molecule has 8 heteroatoms. The Morgan fingerprint density at radius 3 is 2.63 bits per heavy atom. The molecule has 6 N–H and O–H groups in total. The number of rotatable bonds is 5. The van der Waals surface area contributed by atoms with Crippen molar-refractivity contribution in [1.29, 1.82) is 0 Å². The Balaban J connectivity index is 1.92. The van der Waals surface area contributed by atoms with Gasteiger partial charge in [0.2, 0.25) is 0 Å². The van der Waals surface area contributed by atoms with Crippen molar-refractivity contribution in [2.24, 2.45) is 11.5 Å². The lowest BCUT2D eigenvalue weighted by atomic mass is 9.91. The SMILES string of the molecule is Cc1cc(Nc2nc(N[C@@H]3CCCC[C@@H]3N)c(F)cc2C(N)=O)cnc1C. The summed E-state index contributed by atoms with van der Waals surface area (Å²) in [6.07, 6.45) is 5.47. The monoisotopic (exact) mass is 372 g/mol. The van der Waals surface area contributed by atoms with Gasteiger partial charge in [0.05, 0.1) is 17.4 Å².